The number of nitrogens with zero attached hydrogens (tertiary/aromatic N) is 4. The molecule has 0 aromatic carbocycles. The van der Waals surface area contributed by atoms with Crippen molar-refractivity contribution in [3.63, 3.8) is 0 Å². The number of nitrogens with two attached hydrogens (primary N) is 1. The minimum absolute atomic E-state index is 0.175. The summed E-state index contributed by atoms with van der Waals surface area (Å²) in [4.78, 5) is 8.11. The number of hydrogen-bond acceptors (Lipinski definition) is 7. The average Bonchev–Trinajstić information content (AvgIpc) is 3.18. The first-order valence-corrected chi connectivity index (χ1v) is 7.48. The van der Waals surface area contributed by atoms with Crippen molar-refractivity contribution in [1.82, 2.24) is 19.2 Å². The molecule has 2 N–H and O–H groups in total. The van der Waals surface area contributed by atoms with E-state index in [1.807, 2.05) is 0 Å². The molecule has 1 fully saturated rings. The minimum Gasteiger partial charge on any atom is -0.478 e. The van der Waals surface area contributed by atoms with Crippen LogP contribution >= 0.6 is 0 Å². The first-order chi connectivity index (χ1) is 9.52. The zero-order chi connectivity index (χ0) is 14.3. The predicted octanol–water partition coefficient (Wildman–Crippen LogP) is 0.271. The highest BCUT2D eigenvalue weighted by Gasteiger charge is 2.37. The second kappa shape index (κ2) is 4.44. The summed E-state index contributed by atoms with van der Waals surface area (Å²) in [6, 6.07) is 0. The van der Waals surface area contributed by atoms with Crippen LogP contribution in [-0.4, -0.2) is 39.9 Å². The fourth-order valence-electron chi connectivity index (χ4n) is 1.77. The summed E-state index contributed by atoms with van der Waals surface area (Å²) >= 11 is 0. The van der Waals surface area contributed by atoms with Crippen LogP contribution in [-0.2, 0) is 10.0 Å². The van der Waals surface area contributed by atoms with Crippen LogP contribution in [0, 0.1) is 0 Å². The molecule has 0 aliphatic heterocycles. The third kappa shape index (κ3) is 2.09. The van der Waals surface area contributed by atoms with E-state index in [0.29, 0.717) is 24.1 Å². The zero-order valence-corrected chi connectivity index (χ0v) is 11.5. The molecule has 0 spiro atoms. The summed E-state index contributed by atoms with van der Waals surface area (Å²) in [6.45, 7) is 0. The lowest BCUT2D eigenvalue weighted by Crippen LogP contribution is -2.17. The zero-order valence-electron chi connectivity index (χ0n) is 10.7. The number of nitrogen functional groups attached to an aromatic ring is 1. The van der Waals surface area contributed by atoms with Gasteiger partial charge >= 0.3 is 0 Å². The van der Waals surface area contributed by atoms with Crippen molar-refractivity contribution in [1.29, 1.82) is 0 Å². The number of methoxy groups -OCH3 is 1. The Morgan fingerprint density at radius 1 is 1.40 bits per heavy atom. The first-order valence-electron chi connectivity index (χ1n) is 5.98. The van der Waals surface area contributed by atoms with Crippen LogP contribution in [0.3, 0.4) is 0 Å². The fourth-order valence-corrected chi connectivity index (χ4v) is 3.24. The van der Waals surface area contributed by atoms with Gasteiger partial charge in [0.25, 0.3) is 15.9 Å². The number of hydrogen-bond donors (Lipinski definition) is 1. The summed E-state index contributed by atoms with van der Waals surface area (Å²) in [5.74, 6) is 0.370. The number of anilines is 1. The molecule has 0 bridgehead atoms. The third-order valence-corrected chi connectivity index (χ3v) is 5.06. The van der Waals surface area contributed by atoms with E-state index in [-0.39, 0.29) is 16.9 Å². The van der Waals surface area contributed by atoms with E-state index in [1.54, 1.807) is 0 Å². The molecule has 0 radical (unpaired) electrons. The monoisotopic (exact) mass is 295 g/mol. The van der Waals surface area contributed by atoms with Gasteiger partial charge in [-0.2, -0.15) is 9.19 Å². The van der Waals surface area contributed by atoms with Crippen LogP contribution in [0.25, 0.3) is 11.3 Å². The van der Waals surface area contributed by atoms with E-state index in [9.17, 15) is 8.42 Å². The molecule has 106 valence electrons. The highest BCUT2D eigenvalue weighted by atomic mass is 32.2. The fraction of sp³-hybridized carbons (Fsp3) is 0.364. The maximum Gasteiger partial charge on any atom is 0.257 e. The van der Waals surface area contributed by atoms with E-state index in [1.165, 1.54) is 25.7 Å². The molecule has 1 aliphatic rings. The maximum atomic E-state index is 12.0. The van der Waals surface area contributed by atoms with Gasteiger partial charge in [-0.15, -0.1) is 0 Å². The molecular formula is C11H13N5O3S. The van der Waals surface area contributed by atoms with Gasteiger partial charge in [0.05, 0.1) is 36.6 Å². The Morgan fingerprint density at radius 2 is 2.15 bits per heavy atom. The predicted molar refractivity (Wildman–Crippen MR) is 71.6 cm³/mol. The molecule has 0 atom stereocenters. The normalized spacial score (nSPS) is 15.2. The minimum atomic E-state index is -3.38. The van der Waals surface area contributed by atoms with Crippen LogP contribution in [0.15, 0.2) is 18.6 Å². The summed E-state index contributed by atoms with van der Waals surface area (Å²) < 4.78 is 30.0. The van der Waals surface area contributed by atoms with Crippen molar-refractivity contribution in [3.05, 3.63) is 18.6 Å². The van der Waals surface area contributed by atoms with Gasteiger partial charge in [-0.3, -0.25) is 0 Å². The van der Waals surface area contributed by atoms with Crippen molar-refractivity contribution < 1.29 is 13.2 Å². The molecule has 1 aliphatic carbocycles. The van der Waals surface area contributed by atoms with Gasteiger partial charge < -0.3 is 10.5 Å². The molecule has 0 saturated heterocycles. The molecule has 9 heteroatoms. The number of aromatic nitrogens is 4. The molecule has 8 nitrogen and oxygen atoms in total. The second-order valence-corrected chi connectivity index (χ2v) is 6.57. The Hall–Kier alpha value is -2.16. The van der Waals surface area contributed by atoms with Gasteiger partial charge in [0.15, 0.2) is 5.82 Å². The molecule has 1 saturated carbocycles. The van der Waals surface area contributed by atoms with Crippen molar-refractivity contribution in [3.8, 4) is 17.1 Å². The lowest BCUT2D eigenvalue weighted by Gasteiger charge is -2.03. The van der Waals surface area contributed by atoms with Crippen LogP contribution in [0.5, 0.6) is 5.88 Å². The SMILES string of the molecule is COc1nc(-c2cnn(S(=O)(=O)C3CC3)c2)cnc1N. The van der Waals surface area contributed by atoms with Crippen LogP contribution in [0.4, 0.5) is 5.82 Å². The largest absolute Gasteiger partial charge is 0.478 e. The molecular weight excluding hydrogens is 282 g/mol. The Balaban J connectivity index is 1.98. The Kier molecular flexibility index (Phi) is 2.85. The van der Waals surface area contributed by atoms with Gasteiger partial charge in [0.2, 0.25) is 0 Å². The molecule has 20 heavy (non-hydrogen) atoms. The summed E-state index contributed by atoms with van der Waals surface area (Å²) in [6.07, 6.45) is 5.68. The van der Waals surface area contributed by atoms with Gasteiger partial charge in [-0.25, -0.2) is 18.4 Å². The molecule has 0 unspecified atom stereocenters. The Bertz CT molecular complexity index is 751. The van der Waals surface area contributed by atoms with E-state index >= 15 is 0 Å². The third-order valence-electron chi connectivity index (χ3n) is 3.02. The van der Waals surface area contributed by atoms with Gasteiger partial charge in [-0.1, -0.05) is 0 Å². The summed E-state index contributed by atoms with van der Waals surface area (Å²) in [5, 5.41) is 3.57. The molecule has 0 amide bonds. The Morgan fingerprint density at radius 3 is 2.80 bits per heavy atom. The van der Waals surface area contributed by atoms with E-state index < -0.39 is 10.0 Å². The maximum absolute atomic E-state index is 12.0. The Labute approximate surface area is 115 Å². The summed E-state index contributed by atoms with van der Waals surface area (Å²) in [7, 11) is -1.94. The first kappa shape index (κ1) is 12.9. The van der Waals surface area contributed by atoms with Crippen LogP contribution in [0.1, 0.15) is 12.8 Å². The highest BCUT2D eigenvalue weighted by molar-refractivity contribution is 7.90. The number of ether oxygens (including phenoxy) is 1. The summed E-state index contributed by atoms with van der Waals surface area (Å²) in [5.41, 5.74) is 6.58. The van der Waals surface area contributed by atoms with Crippen molar-refractivity contribution >= 4 is 15.8 Å². The quantitative estimate of drug-likeness (QED) is 0.861. The van der Waals surface area contributed by atoms with E-state index in [0.717, 1.165) is 4.09 Å². The number of rotatable bonds is 4. The van der Waals surface area contributed by atoms with Crippen LogP contribution in [0.2, 0.25) is 0 Å². The topological polar surface area (TPSA) is 113 Å². The second-order valence-electron chi connectivity index (χ2n) is 4.50. The average molecular weight is 295 g/mol. The van der Waals surface area contributed by atoms with Crippen LogP contribution < -0.4 is 10.5 Å². The highest BCUT2D eigenvalue weighted by Crippen LogP contribution is 2.30. The smallest absolute Gasteiger partial charge is 0.257 e. The van der Waals surface area contributed by atoms with Crippen molar-refractivity contribution in [2.45, 2.75) is 18.1 Å². The van der Waals surface area contributed by atoms with Gasteiger partial charge in [-0.05, 0) is 12.8 Å². The molecule has 3 rings (SSSR count). The lowest BCUT2D eigenvalue weighted by molar-refractivity contribution is 0.399. The van der Waals surface area contributed by atoms with E-state index in [2.05, 4.69) is 15.1 Å². The van der Waals surface area contributed by atoms with Crippen molar-refractivity contribution in [2.24, 2.45) is 0 Å². The molecule has 2 aromatic heterocycles. The van der Waals surface area contributed by atoms with Crippen molar-refractivity contribution in [2.75, 3.05) is 12.8 Å². The molecule has 2 aromatic rings. The lowest BCUT2D eigenvalue weighted by atomic mass is 10.3. The molecule has 2 heterocycles. The van der Waals surface area contributed by atoms with Gasteiger partial charge in [0, 0.05) is 5.56 Å². The van der Waals surface area contributed by atoms with E-state index in [4.69, 9.17) is 10.5 Å². The standard InChI is InChI=1S/C11H13N5O3S/c1-19-11-10(12)13-5-9(15-11)7-4-14-16(6-7)20(17,18)8-2-3-8/h4-6,8H,2-3H2,1H3,(H2,12,13). The van der Waals surface area contributed by atoms with Gasteiger partial charge in [0.1, 0.15) is 0 Å².